The molecule has 0 heterocycles. The van der Waals surface area contributed by atoms with Gasteiger partial charge in [-0.3, -0.25) is 13.9 Å². The minimum Gasteiger partial charge on any atom is -0.497 e. The van der Waals surface area contributed by atoms with Crippen molar-refractivity contribution in [2.45, 2.75) is 32.9 Å². The number of carbonyl (C=O) groups excluding carboxylic acids is 2. The number of nitrogens with zero attached hydrogens (tertiary/aromatic N) is 2. The molecule has 40 heavy (non-hydrogen) atoms. The number of methoxy groups -OCH3 is 1. The molecule has 0 fully saturated rings. The Balaban J connectivity index is 2.04. The summed E-state index contributed by atoms with van der Waals surface area (Å²) in [5, 5.41) is 2.92. The van der Waals surface area contributed by atoms with Gasteiger partial charge in [-0.05, 0) is 41.3 Å². The summed E-state index contributed by atoms with van der Waals surface area (Å²) >= 11 is 0. The number of carbonyl (C=O) groups is 2. The third-order valence-corrected chi connectivity index (χ3v) is 7.38. The fourth-order valence-electron chi connectivity index (χ4n) is 4.14. The molecule has 3 aromatic rings. The van der Waals surface area contributed by atoms with Crippen LogP contribution in [0.25, 0.3) is 0 Å². The van der Waals surface area contributed by atoms with Crippen LogP contribution in [0, 0.1) is 11.7 Å². The fraction of sp³-hybridized carbons (Fsp3) is 0.333. The zero-order valence-electron chi connectivity index (χ0n) is 23.2. The Morgan fingerprint density at radius 2 is 1.62 bits per heavy atom. The van der Waals surface area contributed by atoms with Crippen molar-refractivity contribution in [3.8, 4) is 5.75 Å². The van der Waals surface area contributed by atoms with Crippen LogP contribution >= 0.6 is 0 Å². The Morgan fingerprint density at radius 1 is 0.950 bits per heavy atom. The number of halogens is 1. The number of rotatable bonds is 13. The summed E-state index contributed by atoms with van der Waals surface area (Å²) < 4.78 is 45.6. The van der Waals surface area contributed by atoms with Crippen molar-refractivity contribution in [2.24, 2.45) is 5.92 Å². The fourth-order valence-corrected chi connectivity index (χ4v) is 4.98. The first-order chi connectivity index (χ1) is 19.0. The standard InChI is InChI=1S/C30H36FN3O5S/c1-22(2)19-32-30(36)28(17-23-9-6-5-7-10-23)33(20-24-13-15-25(31)16-14-24)29(35)21-34(40(4,37)38)26-11-8-12-27(18-26)39-3/h5-16,18,22,28H,17,19-21H2,1-4H3,(H,32,36). The van der Waals surface area contributed by atoms with E-state index in [0.717, 1.165) is 16.1 Å². The van der Waals surface area contributed by atoms with E-state index in [4.69, 9.17) is 4.74 Å². The van der Waals surface area contributed by atoms with E-state index >= 15 is 0 Å². The number of nitrogens with one attached hydrogen (secondary N) is 1. The number of sulfonamides is 1. The monoisotopic (exact) mass is 569 g/mol. The average molecular weight is 570 g/mol. The molecule has 10 heteroatoms. The summed E-state index contributed by atoms with van der Waals surface area (Å²) in [5.41, 5.74) is 1.68. The van der Waals surface area contributed by atoms with Crippen LogP contribution in [0.5, 0.6) is 5.75 Å². The molecule has 0 aromatic heterocycles. The second-order valence-electron chi connectivity index (χ2n) is 9.96. The molecule has 3 rings (SSSR count). The van der Waals surface area contributed by atoms with Gasteiger partial charge in [-0.25, -0.2) is 12.8 Å². The van der Waals surface area contributed by atoms with Crippen LogP contribution in [0.3, 0.4) is 0 Å². The minimum absolute atomic E-state index is 0.0264. The van der Waals surface area contributed by atoms with E-state index in [1.165, 1.54) is 42.3 Å². The Kier molecular flexibility index (Phi) is 10.7. The van der Waals surface area contributed by atoms with Gasteiger partial charge in [-0.1, -0.05) is 62.4 Å². The largest absolute Gasteiger partial charge is 0.497 e. The third kappa shape index (κ3) is 8.81. The topological polar surface area (TPSA) is 96.0 Å². The molecule has 214 valence electrons. The minimum atomic E-state index is -3.90. The maximum absolute atomic E-state index is 14.0. The average Bonchev–Trinajstić information content (AvgIpc) is 2.93. The Bertz CT molecular complexity index is 1380. The second-order valence-corrected chi connectivity index (χ2v) is 11.9. The summed E-state index contributed by atoms with van der Waals surface area (Å²) in [6.07, 6.45) is 1.22. The summed E-state index contributed by atoms with van der Waals surface area (Å²) in [5.74, 6) is -0.773. The summed E-state index contributed by atoms with van der Waals surface area (Å²) in [4.78, 5) is 28.9. The predicted molar refractivity (Wildman–Crippen MR) is 154 cm³/mol. The second kappa shape index (κ2) is 13.9. The van der Waals surface area contributed by atoms with Crippen LogP contribution in [0.2, 0.25) is 0 Å². The molecule has 1 atom stereocenters. The van der Waals surface area contributed by atoms with Gasteiger partial charge in [0.25, 0.3) is 0 Å². The molecule has 3 aromatic carbocycles. The van der Waals surface area contributed by atoms with E-state index < -0.39 is 34.3 Å². The zero-order valence-corrected chi connectivity index (χ0v) is 24.0. The van der Waals surface area contributed by atoms with E-state index in [0.29, 0.717) is 17.9 Å². The van der Waals surface area contributed by atoms with Crippen molar-refractivity contribution in [3.05, 3.63) is 95.8 Å². The van der Waals surface area contributed by atoms with E-state index in [1.54, 1.807) is 18.2 Å². The van der Waals surface area contributed by atoms with Gasteiger partial charge < -0.3 is 15.0 Å². The lowest BCUT2D eigenvalue weighted by atomic mass is 10.0. The van der Waals surface area contributed by atoms with Crippen LogP contribution in [0.15, 0.2) is 78.9 Å². The molecule has 0 saturated heterocycles. The normalized spacial score (nSPS) is 12.1. The highest BCUT2D eigenvalue weighted by atomic mass is 32.2. The summed E-state index contributed by atoms with van der Waals surface area (Å²) in [7, 11) is -2.43. The Hall–Kier alpha value is -3.92. The van der Waals surface area contributed by atoms with Crippen molar-refractivity contribution in [2.75, 3.05) is 30.8 Å². The van der Waals surface area contributed by atoms with Gasteiger partial charge in [-0.15, -0.1) is 0 Å². The van der Waals surface area contributed by atoms with E-state index in [-0.39, 0.29) is 30.5 Å². The number of hydrogen-bond donors (Lipinski definition) is 1. The quantitative estimate of drug-likeness (QED) is 0.336. The molecule has 0 radical (unpaired) electrons. The molecule has 1 N–H and O–H groups in total. The van der Waals surface area contributed by atoms with Gasteiger partial charge in [0, 0.05) is 25.6 Å². The maximum Gasteiger partial charge on any atom is 0.244 e. The Morgan fingerprint density at radius 3 is 2.23 bits per heavy atom. The highest BCUT2D eigenvalue weighted by Gasteiger charge is 2.33. The zero-order chi connectivity index (χ0) is 29.3. The highest BCUT2D eigenvalue weighted by Crippen LogP contribution is 2.24. The SMILES string of the molecule is COc1cccc(N(CC(=O)N(Cc2ccc(F)cc2)C(Cc2ccccc2)C(=O)NCC(C)C)S(C)(=O)=O)c1. The van der Waals surface area contributed by atoms with Crippen molar-refractivity contribution >= 4 is 27.5 Å². The first-order valence-corrected chi connectivity index (χ1v) is 14.8. The molecule has 0 saturated carbocycles. The van der Waals surface area contributed by atoms with Crippen LogP contribution in [0.4, 0.5) is 10.1 Å². The molecular weight excluding hydrogens is 533 g/mol. The molecule has 0 aliphatic rings. The third-order valence-electron chi connectivity index (χ3n) is 6.24. The lowest BCUT2D eigenvalue weighted by Crippen LogP contribution is -2.53. The van der Waals surface area contributed by atoms with Crippen molar-refractivity contribution in [1.29, 1.82) is 0 Å². The first kappa shape index (κ1) is 30.6. The summed E-state index contributed by atoms with van der Waals surface area (Å²) in [6, 6.07) is 20.4. The molecule has 0 aliphatic carbocycles. The maximum atomic E-state index is 14.0. The molecule has 0 aliphatic heterocycles. The van der Waals surface area contributed by atoms with Crippen LogP contribution in [-0.4, -0.2) is 57.6 Å². The summed E-state index contributed by atoms with van der Waals surface area (Å²) in [6.45, 7) is 3.76. The predicted octanol–water partition coefficient (Wildman–Crippen LogP) is 4.01. The molecule has 8 nitrogen and oxygen atoms in total. The van der Waals surface area contributed by atoms with Crippen LogP contribution in [0.1, 0.15) is 25.0 Å². The molecule has 0 spiro atoms. The number of amides is 2. The Labute approximate surface area is 235 Å². The lowest BCUT2D eigenvalue weighted by molar-refractivity contribution is -0.140. The lowest BCUT2D eigenvalue weighted by Gasteiger charge is -2.33. The van der Waals surface area contributed by atoms with E-state index in [1.807, 2.05) is 44.2 Å². The van der Waals surface area contributed by atoms with Gasteiger partial charge >= 0.3 is 0 Å². The first-order valence-electron chi connectivity index (χ1n) is 12.9. The van der Waals surface area contributed by atoms with Crippen LogP contribution < -0.4 is 14.4 Å². The van der Waals surface area contributed by atoms with E-state index in [2.05, 4.69) is 5.32 Å². The van der Waals surface area contributed by atoms with Crippen molar-refractivity contribution in [3.63, 3.8) is 0 Å². The van der Waals surface area contributed by atoms with Gasteiger partial charge in [0.1, 0.15) is 24.2 Å². The van der Waals surface area contributed by atoms with Gasteiger partial charge in [0.05, 0.1) is 19.1 Å². The molecular formula is C30H36FN3O5S. The van der Waals surface area contributed by atoms with Gasteiger partial charge in [0.15, 0.2) is 0 Å². The number of benzene rings is 3. The molecule has 2 amide bonds. The molecule has 0 bridgehead atoms. The molecule has 1 unspecified atom stereocenters. The number of anilines is 1. The van der Waals surface area contributed by atoms with Crippen molar-refractivity contribution in [1.82, 2.24) is 10.2 Å². The van der Waals surface area contributed by atoms with Crippen LogP contribution in [-0.2, 0) is 32.6 Å². The van der Waals surface area contributed by atoms with E-state index in [9.17, 15) is 22.4 Å². The highest BCUT2D eigenvalue weighted by molar-refractivity contribution is 7.92. The van der Waals surface area contributed by atoms with Gasteiger partial charge in [-0.2, -0.15) is 0 Å². The van der Waals surface area contributed by atoms with Gasteiger partial charge in [0.2, 0.25) is 21.8 Å². The number of ether oxygens (including phenoxy) is 1. The number of hydrogen-bond acceptors (Lipinski definition) is 5. The smallest absolute Gasteiger partial charge is 0.244 e. The van der Waals surface area contributed by atoms with Crippen molar-refractivity contribution < 1.29 is 27.1 Å².